The zero-order valence-corrected chi connectivity index (χ0v) is 3.74. The van der Waals surface area contributed by atoms with Crippen LogP contribution in [0.25, 0.3) is 0 Å². The first-order valence-electron chi connectivity index (χ1n) is 2.03. The Kier molecular flexibility index (Phi) is 1.02. The maximum atomic E-state index is 9.78. The molecule has 0 saturated heterocycles. The fourth-order valence-corrected chi connectivity index (χ4v) is 0.392. The monoisotopic (exact) mass is 99.0 g/mol. The highest BCUT2D eigenvalue weighted by Crippen LogP contribution is 1.93. The molecule has 4 heteroatoms. The SMILES string of the molecule is O=CN1CCN=N1. The van der Waals surface area contributed by atoms with Gasteiger partial charge in [0.25, 0.3) is 0 Å². The van der Waals surface area contributed by atoms with Crippen molar-refractivity contribution in [1.29, 1.82) is 0 Å². The minimum absolute atomic E-state index is 0.642. The van der Waals surface area contributed by atoms with Gasteiger partial charge in [0.15, 0.2) is 0 Å². The second-order valence-corrected chi connectivity index (χ2v) is 1.22. The average molecular weight is 99.1 g/mol. The molecule has 0 saturated carbocycles. The van der Waals surface area contributed by atoms with E-state index in [0.29, 0.717) is 19.5 Å². The molecule has 1 rings (SSSR count). The summed E-state index contributed by atoms with van der Waals surface area (Å²) in [6, 6.07) is 0. The predicted molar refractivity (Wildman–Crippen MR) is 22.5 cm³/mol. The number of nitrogens with zero attached hydrogens (tertiary/aromatic N) is 3. The molecule has 4 nitrogen and oxygen atoms in total. The summed E-state index contributed by atoms with van der Waals surface area (Å²) < 4.78 is 0. The van der Waals surface area contributed by atoms with Gasteiger partial charge in [-0.05, 0) is 0 Å². The van der Waals surface area contributed by atoms with Crippen LogP contribution in [0.2, 0.25) is 0 Å². The van der Waals surface area contributed by atoms with E-state index in [2.05, 4.69) is 10.3 Å². The molecule has 0 N–H and O–H groups in total. The van der Waals surface area contributed by atoms with Crippen molar-refractivity contribution < 1.29 is 4.79 Å². The molecule has 0 aromatic heterocycles. The lowest BCUT2D eigenvalue weighted by Gasteiger charge is -1.94. The molecule has 1 aliphatic rings. The van der Waals surface area contributed by atoms with Crippen molar-refractivity contribution in [3.05, 3.63) is 0 Å². The van der Waals surface area contributed by atoms with Crippen LogP contribution < -0.4 is 0 Å². The molecule has 0 radical (unpaired) electrons. The van der Waals surface area contributed by atoms with Crippen LogP contribution in [0.5, 0.6) is 0 Å². The molecule has 0 atom stereocenters. The lowest BCUT2D eigenvalue weighted by Crippen LogP contribution is -2.11. The van der Waals surface area contributed by atoms with Crippen LogP contribution in [0.15, 0.2) is 10.3 Å². The Bertz CT molecular complexity index is 100. The molecule has 0 fully saturated rings. The number of hydrogen-bond acceptors (Lipinski definition) is 3. The summed E-state index contributed by atoms with van der Waals surface area (Å²) in [6.07, 6.45) is 0.663. The van der Waals surface area contributed by atoms with Gasteiger partial charge in [0.05, 0.1) is 13.1 Å². The molecule has 0 bridgehead atoms. The summed E-state index contributed by atoms with van der Waals surface area (Å²) in [5.74, 6) is 0. The second-order valence-electron chi connectivity index (χ2n) is 1.22. The molecular weight excluding hydrogens is 94.1 g/mol. The first-order chi connectivity index (χ1) is 3.43. The van der Waals surface area contributed by atoms with Gasteiger partial charge in [0, 0.05) is 0 Å². The molecule has 38 valence electrons. The van der Waals surface area contributed by atoms with Crippen LogP contribution in [0, 0.1) is 0 Å². The van der Waals surface area contributed by atoms with Crippen LogP contribution in [-0.2, 0) is 4.79 Å². The number of amides is 1. The molecule has 1 aliphatic heterocycles. The van der Waals surface area contributed by atoms with E-state index in [9.17, 15) is 4.79 Å². The normalized spacial score (nSPS) is 18.0. The Hall–Kier alpha value is -0.930. The zero-order chi connectivity index (χ0) is 5.11. The van der Waals surface area contributed by atoms with Gasteiger partial charge in [-0.15, -0.1) is 0 Å². The fourth-order valence-electron chi connectivity index (χ4n) is 0.392. The van der Waals surface area contributed by atoms with Gasteiger partial charge in [-0.1, -0.05) is 5.22 Å². The number of rotatable bonds is 1. The van der Waals surface area contributed by atoms with Gasteiger partial charge in [0.2, 0.25) is 6.41 Å². The topological polar surface area (TPSA) is 45.0 Å². The van der Waals surface area contributed by atoms with Crippen LogP contribution >= 0.6 is 0 Å². The molecule has 0 spiro atoms. The Labute approximate surface area is 40.8 Å². The minimum atomic E-state index is 0.642. The van der Waals surface area contributed by atoms with Gasteiger partial charge in [-0.2, -0.15) is 5.11 Å². The zero-order valence-electron chi connectivity index (χ0n) is 3.74. The summed E-state index contributed by atoms with van der Waals surface area (Å²) >= 11 is 0. The van der Waals surface area contributed by atoms with E-state index in [1.165, 1.54) is 5.01 Å². The standard InChI is InChI=1S/C3H5N3O/c7-3-6-2-1-4-5-6/h3H,1-2H2. The van der Waals surface area contributed by atoms with Crippen molar-refractivity contribution in [2.24, 2.45) is 10.3 Å². The Morgan fingerprint density at radius 1 is 1.71 bits per heavy atom. The third-order valence-electron chi connectivity index (χ3n) is 0.729. The highest BCUT2D eigenvalue weighted by Gasteiger charge is 2.01. The maximum Gasteiger partial charge on any atom is 0.231 e. The van der Waals surface area contributed by atoms with Gasteiger partial charge in [-0.3, -0.25) is 4.79 Å². The minimum Gasteiger partial charge on any atom is -0.277 e. The van der Waals surface area contributed by atoms with Crippen molar-refractivity contribution in [1.82, 2.24) is 5.01 Å². The van der Waals surface area contributed by atoms with E-state index in [1.54, 1.807) is 0 Å². The molecule has 0 aromatic rings. The molecule has 0 aliphatic carbocycles. The van der Waals surface area contributed by atoms with Crippen LogP contribution in [0.3, 0.4) is 0 Å². The third-order valence-corrected chi connectivity index (χ3v) is 0.729. The highest BCUT2D eigenvalue weighted by molar-refractivity contribution is 5.46. The van der Waals surface area contributed by atoms with Gasteiger partial charge in [0.1, 0.15) is 0 Å². The Morgan fingerprint density at radius 3 is 2.86 bits per heavy atom. The maximum absolute atomic E-state index is 9.78. The van der Waals surface area contributed by atoms with Gasteiger partial charge >= 0.3 is 0 Å². The molecule has 0 unspecified atom stereocenters. The van der Waals surface area contributed by atoms with Crippen LogP contribution in [-0.4, -0.2) is 24.5 Å². The predicted octanol–water partition coefficient (Wildman–Crippen LogP) is -0.174. The first-order valence-corrected chi connectivity index (χ1v) is 2.03. The number of hydrogen-bond donors (Lipinski definition) is 0. The van der Waals surface area contributed by atoms with Crippen molar-refractivity contribution in [2.75, 3.05) is 13.1 Å². The van der Waals surface area contributed by atoms with Gasteiger partial charge < -0.3 is 0 Å². The van der Waals surface area contributed by atoms with Crippen molar-refractivity contribution in [3.8, 4) is 0 Å². The van der Waals surface area contributed by atoms with E-state index >= 15 is 0 Å². The van der Waals surface area contributed by atoms with Gasteiger partial charge in [-0.25, -0.2) is 5.01 Å². The molecular formula is C3H5N3O. The Morgan fingerprint density at radius 2 is 2.57 bits per heavy atom. The Balaban J connectivity index is 2.42. The third kappa shape index (κ3) is 0.734. The molecule has 1 amide bonds. The summed E-state index contributed by atoms with van der Waals surface area (Å²) in [6.45, 7) is 1.29. The van der Waals surface area contributed by atoms with E-state index in [4.69, 9.17) is 0 Å². The largest absolute Gasteiger partial charge is 0.277 e. The highest BCUT2D eigenvalue weighted by atomic mass is 16.1. The summed E-state index contributed by atoms with van der Waals surface area (Å²) in [5.41, 5.74) is 0. The second kappa shape index (κ2) is 1.68. The van der Waals surface area contributed by atoms with Crippen molar-refractivity contribution >= 4 is 6.41 Å². The molecule has 7 heavy (non-hydrogen) atoms. The molecule has 1 heterocycles. The summed E-state index contributed by atoms with van der Waals surface area (Å²) in [7, 11) is 0. The number of carbonyl (C=O) groups is 1. The molecule has 0 aromatic carbocycles. The lowest BCUT2D eigenvalue weighted by molar-refractivity contribution is -0.117. The quantitative estimate of drug-likeness (QED) is 0.421. The summed E-state index contributed by atoms with van der Waals surface area (Å²) in [5, 5.41) is 8.26. The fraction of sp³-hybridized carbons (Fsp3) is 0.667. The van der Waals surface area contributed by atoms with E-state index in [0.717, 1.165) is 0 Å². The van der Waals surface area contributed by atoms with Crippen molar-refractivity contribution in [2.45, 2.75) is 0 Å². The van der Waals surface area contributed by atoms with E-state index < -0.39 is 0 Å². The van der Waals surface area contributed by atoms with Crippen molar-refractivity contribution in [3.63, 3.8) is 0 Å². The van der Waals surface area contributed by atoms with Crippen LogP contribution in [0.4, 0.5) is 0 Å². The van der Waals surface area contributed by atoms with E-state index in [1.807, 2.05) is 0 Å². The summed E-state index contributed by atoms with van der Waals surface area (Å²) in [4.78, 5) is 9.78. The van der Waals surface area contributed by atoms with E-state index in [-0.39, 0.29) is 0 Å². The average Bonchev–Trinajstić information content (AvgIpc) is 2.14. The lowest BCUT2D eigenvalue weighted by atomic mass is 10.7. The first kappa shape index (κ1) is 4.23. The van der Waals surface area contributed by atoms with Crippen LogP contribution in [0.1, 0.15) is 0 Å². The number of carbonyl (C=O) groups excluding carboxylic acids is 1. The smallest absolute Gasteiger partial charge is 0.231 e.